The Bertz CT molecular complexity index is 146. The Labute approximate surface area is 55.2 Å². The number of hydrogen-bond acceptors (Lipinski definition) is 3. The quantitative estimate of drug-likeness (QED) is 0.457. The van der Waals surface area contributed by atoms with Gasteiger partial charge in [-0.1, -0.05) is 13.5 Å². The van der Waals surface area contributed by atoms with Crippen LogP contribution in [-0.2, 0) is 0 Å². The highest BCUT2D eigenvalue weighted by atomic mass is 14.7. The largest absolute Gasteiger partial charge is 0.400 e. The van der Waals surface area contributed by atoms with Crippen LogP contribution in [0.3, 0.4) is 0 Å². The van der Waals surface area contributed by atoms with Gasteiger partial charge in [0.05, 0.1) is 5.70 Å². The summed E-state index contributed by atoms with van der Waals surface area (Å²) < 4.78 is 0. The van der Waals surface area contributed by atoms with E-state index in [1.54, 1.807) is 0 Å². The third kappa shape index (κ3) is 2.08. The van der Waals surface area contributed by atoms with Crippen LogP contribution < -0.4 is 17.2 Å². The molecule has 6 N–H and O–H groups in total. The molecule has 0 bridgehead atoms. The average Bonchev–Trinajstić information content (AvgIpc) is 1.84. The molecular formula is C6H13N3. The first-order valence-electron chi connectivity index (χ1n) is 2.78. The number of nitrogens with two attached hydrogens (primary N) is 3. The van der Waals surface area contributed by atoms with Crippen LogP contribution in [0.25, 0.3) is 0 Å². The zero-order valence-electron chi connectivity index (χ0n) is 5.65. The van der Waals surface area contributed by atoms with Crippen LogP contribution in [0.4, 0.5) is 0 Å². The topological polar surface area (TPSA) is 78.1 Å². The van der Waals surface area contributed by atoms with Crippen molar-refractivity contribution in [1.29, 1.82) is 0 Å². The van der Waals surface area contributed by atoms with Crippen molar-refractivity contribution in [3.05, 3.63) is 23.7 Å². The fourth-order valence-electron chi connectivity index (χ4n) is 0.397. The minimum absolute atomic E-state index is 0.342. The van der Waals surface area contributed by atoms with E-state index in [0.717, 1.165) is 0 Å². The lowest BCUT2D eigenvalue weighted by molar-refractivity contribution is 1.01. The second-order valence-corrected chi connectivity index (χ2v) is 1.82. The standard InChI is InChI=1S/C6H13N3/c1-3-5(8)6(9)4(2)7/h2-3,7-9H2,1H3/b6-5-. The van der Waals surface area contributed by atoms with Gasteiger partial charge < -0.3 is 17.2 Å². The molecule has 52 valence electrons. The Hall–Kier alpha value is -1.12. The zero-order valence-corrected chi connectivity index (χ0v) is 5.65. The lowest BCUT2D eigenvalue weighted by Crippen LogP contribution is -2.14. The number of rotatable bonds is 2. The van der Waals surface area contributed by atoms with E-state index >= 15 is 0 Å². The Kier molecular flexibility index (Phi) is 2.64. The summed E-state index contributed by atoms with van der Waals surface area (Å²) in [6, 6.07) is 0. The smallest absolute Gasteiger partial charge is 0.0732 e. The summed E-state index contributed by atoms with van der Waals surface area (Å²) in [4.78, 5) is 0. The van der Waals surface area contributed by atoms with Crippen molar-refractivity contribution in [3.8, 4) is 0 Å². The SMILES string of the molecule is C=C(N)/C(N)=C(/N)CC. The monoisotopic (exact) mass is 127 g/mol. The maximum atomic E-state index is 5.43. The molecule has 0 amide bonds. The fraction of sp³-hybridized carbons (Fsp3) is 0.333. The maximum absolute atomic E-state index is 5.43. The van der Waals surface area contributed by atoms with E-state index < -0.39 is 0 Å². The maximum Gasteiger partial charge on any atom is 0.0732 e. The molecule has 3 heteroatoms. The first kappa shape index (κ1) is 7.88. The second kappa shape index (κ2) is 3.02. The molecule has 0 radical (unpaired) electrons. The fourth-order valence-corrected chi connectivity index (χ4v) is 0.397. The van der Waals surface area contributed by atoms with Gasteiger partial charge >= 0.3 is 0 Å². The lowest BCUT2D eigenvalue weighted by atomic mass is 10.2. The summed E-state index contributed by atoms with van der Waals surface area (Å²) >= 11 is 0. The van der Waals surface area contributed by atoms with E-state index in [0.29, 0.717) is 23.5 Å². The highest BCUT2D eigenvalue weighted by Crippen LogP contribution is 1.99. The molecule has 0 fully saturated rings. The second-order valence-electron chi connectivity index (χ2n) is 1.82. The van der Waals surface area contributed by atoms with Crippen LogP contribution in [0.1, 0.15) is 13.3 Å². The minimum atomic E-state index is 0.342. The van der Waals surface area contributed by atoms with Gasteiger partial charge in [0.1, 0.15) is 0 Å². The molecule has 0 heterocycles. The first-order chi connectivity index (χ1) is 4.09. The zero-order chi connectivity index (χ0) is 7.44. The van der Waals surface area contributed by atoms with Crippen LogP contribution in [0.2, 0.25) is 0 Å². The molecule has 0 aromatic rings. The van der Waals surface area contributed by atoms with Crippen LogP contribution >= 0.6 is 0 Å². The summed E-state index contributed by atoms with van der Waals surface area (Å²) in [5.41, 5.74) is 17.4. The third-order valence-electron chi connectivity index (χ3n) is 1.07. The van der Waals surface area contributed by atoms with Crippen molar-refractivity contribution < 1.29 is 0 Å². The third-order valence-corrected chi connectivity index (χ3v) is 1.07. The molecule has 0 saturated carbocycles. The van der Waals surface area contributed by atoms with Crippen molar-refractivity contribution in [2.45, 2.75) is 13.3 Å². The molecule has 0 spiro atoms. The van der Waals surface area contributed by atoms with Gasteiger partial charge in [-0.15, -0.1) is 0 Å². The molecule has 0 saturated heterocycles. The summed E-state index contributed by atoms with van der Waals surface area (Å²) in [5, 5.41) is 0. The molecule has 0 unspecified atom stereocenters. The molecular weight excluding hydrogens is 114 g/mol. The van der Waals surface area contributed by atoms with E-state index in [1.165, 1.54) is 0 Å². The molecule has 0 rings (SSSR count). The van der Waals surface area contributed by atoms with E-state index in [9.17, 15) is 0 Å². The van der Waals surface area contributed by atoms with Gasteiger partial charge in [0.25, 0.3) is 0 Å². The van der Waals surface area contributed by atoms with Crippen molar-refractivity contribution in [1.82, 2.24) is 0 Å². The van der Waals surface area contributed by atoms with Gasteiger partial charge in [0.15, 0.2) is 0 Å². The van der Waals surface area contributed by atoms with Gasteiger partial charge in [0.2, 0.25) is 0 Å². The van der Waals surface area contributed by atoms with Crippen LogP contribution in [0.5, 0.6) is 0 Å². The van der Waals surface area contributed by atoms with Crippen LogP contribution in [0, 0.1) is 0 Å². The summed E-state index contributed by atoms with van der Waals surface area (Å²) in [6.07, 6.45) is 0.710. The molecule has 9 heavy (non-hydrogen) atoms. The Morgan fingerprint density at radius 3 is 1.89 bits per heavy atom. The molecule has 0 aliphatic heterocycles. The van der Waals surface area contributed by atoms with E-state index in [1.807, 2.05) is 6.92 Å². The predicted molar refractivity (Wildman–Crippen MR) is 39.0 cm³/mol. The minimum Gasteiger partial charge on any atom is -0.400 e. The molecule has 3 nitrogen and oxygen atoms in total. The van der Waals surface area contributed by atoms with Crippen LogP contribution in [0.15, 0.2) is 23.7 Å². The van der Waals surface area contributed by atoms with Gasteiger partial charge in [-0.05, 0) is 6.42 Å². The lowest BCUT2D eigenvalue weighted by Gasteiger charge is -2.02. The van der Waals surface area contributed by atoms with E-state index in [2.05, 4.69) is 6.58 Å². The summed E-state index contributed by atoms with van der Waals surface area (Å²) in [7, 11) is 0. The van der Waals surface area contributed by atoms with Crippen molar-refractivity contribution in [3.63, 3.8) is 0 Å². The molecule has 0 aromatic heterocycles. The normalized spacial score (nSPS) is 12.6. The number of hydrogen-bond donors (Lipinski definition) is 3. The van der Waals surface area contributed by atoms with Crippen molar-refractivity contribution in [2.24, 2.45) is 17.2 Å². The van der Waals surface area contributed by atoms with Crippen LogP contribution in [-0.4, -0.2) is 0 Å². The van der Waals surface area contributed by atoms with E-state index in [-0.39, 0.29) is 0 Å². The summed E-state index contributed by atoms with van der Waals surface area (Å²) in [6.45, 7) is 5.35. The average molecular weight is 127 g/mol. The van der Waals surface area contributed by atoms with Gasteiger partial charge in [-0.2, -0.15) is 0 Å². The molecule has 0 aromatic carbocycles. The van der Waals surface area contributed by atoms with E-state index in [4.69, 9.17) is 17.2 Å². The Morgan fingerprint density at radius 2 is 1.78 bits per heavy atom. The highest BCUT2D eigenvalue weighted by molar-refractivity contribution is 5.25. The number of allylic oxidation sites excluding steroid dienone is 1. The Morgan fingerprint density at radius 1 is 1.33 bits per heavy atom. The van der Waals surface area contributed by atoms with Gasteiger partial charge in [0, 0.05) is 11.4 Å². The molecule has 0 aliphatic carbocycles. The van der Waals surface area contributed by atoms with Gasteiger partial charge in [-0.3, -0.25) is 0 Å². The predicted octanol–water partition coefficient (Wildman–Crippen LogP) is -0.00220. The van der Waals surface area contributed by atoms with Gasteiger partial charge in [-0.25, -0.2) is 0 Å². The molecule has 0 aliphatic rings. The molecule has 0 atom stereocenters. The van der Waals surface area contributed by atoms with Crippen molar-refractivity contribution in [2.75, 3.05) is 0 Å². The Balaban J connectivity index is 4.28. The first-order valence-corrected chi connectivity index (χ1v) is 2.78. The highest BCUT2D eigenvalue weighted by Gasteiger charge is 1.95. The summed E-state index contributed by atoms with van der Waals surface area (Å²) in [5.74, 6) is 0. The van der Waals surface area contributed by atoms with Crippen molar-refractivity contribution >= 4 is 0 Å².